The Hall–Kier alpha value is -1.91. The molecule has 0 saturated carbocycles. The number of hydrogen-bond acceptors (Lipinski definition) is 4. The van der Waals surface area contributed by atoms with E-state index in [1.165, 1.54) is 12.8 Å². The molecule has 94 valence electrons. The number of aromatic nitrogens is 4. The molecule has 0 amide bonds. The summed E-state index contributed by atoms with van der Waals surface area (Å²) in [6.45, 7) is 4.00. The fourth-order valence-corrected chi connectivity index (χ4v) is 2.55. The highest BCUT2D eigenvalue weighted by Gasteiger charge is 2.26. The van der Waals surface area contributed by atoms with Gasteiger partial charge in [0.25, 0.3) is 0 Å². The minimum atomic E-state index is 0.485. The quantitative estimate of drug-likeness (QED) is 0.822. The maximum atomic E-state index is 4.39. The SMILES string of the molecule is Cc1cc(N2CCCC2Cn2cccn2)ncn1. The molecule has 3 heterocycles. The minimum Gasteiger partial charge on any atom is -0.352 e. The predicted molar refractivity (Wildman–Crippen MR) is 69.4 cm³/mol. The molecule has 0 radical (unpaired) electrons. The van der Waals surface area contributed by atoms with Gasteiger partial charge in [-0.15, -0.1) is 0 Å². The van der Waals surface area contributed by atoms with Crippen LogP contribution in [0.2, 0.25) is 0 Å². The first-order chi connectivity index (χ1) is 8.83. The van der Waals surface area contributed by atoms with Crippen LogP contribution in [-0.2, 0) is 6.54 Å². The molecular formula is C13H17N5. The molecule has 0 aromatic carbocycles. The molecule has 5 heteroatoms. The van der Waals surface area contributed by atoms with E-state index in [-0.39, 0.29) is 0 Å². The molecular weight excluding hydrogens is 226 g/mol. The van der Waals surface area contributed by atoms with Gasteiger partial charge in [0.05, 0.1) is 12.6 Å². The normalized spacial score (nSPS) is 19.4. The Morgan fingerprint density at radius 1 is 1.39 bits per heavy atom. The fraction of sp³-hybridized carbons (Fsp3) is 0.462. The maximum absolute atomic E-state index is 4.39. The van der Waals surface area contributed by atoms with E-state index in [1.807, 2.05) is 30.1 Å². The molecule has 1 fully saturated rings. The van der Waals surface area contributed by atoms with E-state index in [0.717, 1.165) is 24.6 Å². The van der Waals surface area contributed by atoms with Gasteiger partial charge in [-0.05, 0) is 25.8 Å². The summed E-state index contributed by atoms with van der Waals surface area (Å²) in [5.41, 5.74) is 1.02. The van der Waals surface area contributed by atoms with Gasteiger partial charge in [0, 0.05) is 30.7 Å². The van der Waals surface area contributed by atoms with Crippen LogP contribution < -0.4 is 4.90 Å². The molecule has 0 bridgehead atoms. The van der Waals surface area contributed by atoms with Crippen molar-refractivity contribution in [2.75, 3.05) is 11.4 Å². The Morgan fingerprint density at radius 3 is 3.11 bits per heavy atom. The zero-order valence-electron chi connectivity index (χ0n) is 10.5. The molecule has 1 aliphatic rings. The average Bonchev–Trinajstić information content (AvgIpc) is 3.01. The summed E-state index contributed by atoms with van der Waals surface area (Å²) in [7, 11) is 0. The second kappa shape index (κ2) is 4.76. The summed E-state index contributed by atoms with van der Waals surface area (Å²) >= 11 is 0. The molecule has 0 N–H and O–H groups in total. The minimum absolute atomic E-state index is 0.485. The van der Waals surface area contributed by atoms with Crippen LogP contribution in [0, 0.1) is 6.92 Å². The number of nitrogens with zero attached hydrogens (tertiary/aromatic N) is 5. The zero-order valence-corrected chi connectivity index (χ0v) is 10.5. The Morgan fingerprint density at radius 2 is 2.33 bits per heavy atom. The summed E-state index contributed by atoms with van der Waals surface area (Å²) in [6.07, 6.45) is 7.90. The smallest absolute Gasteiger partial charge is 0.132 e. The fourth-order valence-electron chi connectivity index (χ4n) is 2.55. The standard InChI is InChI=1S/C13H17N5/c1-11-8-13(15-10-14-11)18-7-2-4-12(18)9-17-6-3-5-16-17/h3,5-6,8,10,12H,2,4,7,9H2,1H3. The maximum Gasteiger partial charge on any atom is 0.132 e. The molecule has 1 unspecified atom stereocenters. The van der Waals surface area contributed by atoms with Crippen LogP contribution >= 0.6 is 0 Å². The largest absolute Gasteiger partial charge is 0.352 e. The lowest BCUT2D eigenvalue weighted by Crippen LogP contribution is -2.33. The third kappa shape index (κ3) is 2.20. The van der Waals surface area contributed by atoms with Crippen LogP contribution in [0.25, 0.3) is 0 Å². The van der Waals surface area contributed by atoms with Crippen LogP contribution in [0.3, 0.4) is 0 Å². The van der Waals surface area contributed by atoms with Gasteiger partial charge in [0.1, 0.15) is 12.1 Å². The molecule has 1 saturated heterocycles. The lowest BCUT2D eigenvalue weighted by molar-refractivity contribution is 0.507. The van der Waals surface area contributed by atoms with Crippen molar-refractivity contribution in [1.82, 2.24) is 19.7 Å². The molecule has 18 heavy (non-hydrogen) atoms. The van der Waals surface area contributed by atoms with Gasteiger partial charge in [-0.1, -0.05) is 0 Å². The van der Waals surface area contributed by atoms with Crippen molar-refractivity contribution in [3.05, 3.63) is 36.5 Å². The summed E-state index contributed by atoms with van der Waals surface area (Å²) in [4.78, 5) is 10.9. The Bertz CT molecular complexity index is 508. The van der Waals surface area contributed by atoms with Crippen molar-refractivity contribution in [1.29, 1.82) is 0 Å². The van der Waals surface area contributed by atoms with Gasteiger partial charge in [0.15, 0.2) is 0 Å². The average molecular weight is 243 g/mol. The molecule has 0 spiro atoms. The van der Waals surface area contributed by atoms with Crippen LogP contribution in [-0.4, -0.2) is 32.3 Å². The molecule has 2 aromatic rings. The molecule has 3 rings (SSSR count). The van der Waals surface area contributed by atoms with E-state index in [1.54, 1.807) is 6.33 Å². The highest BCUT2D eigenvalue weighted by atomic mass is 15.3. The van der Waals surface area contributed by atoms with E-state index < -0.39 is 0 Å². The van der Waals surface area contributed by atoms with Crippen LogP contribution in [0.15, 0.2) is 30.9 Å². The molecule has 2 aromatic heterocycles. The first kappa shape index (κ1) is 11.2. The van der Waals surface area contributed by atoms with Crippen molar-refractivity contribution in [3.8, 4) is 0 Å². The third-order valence-corrected chi connectivity index (χ3v) is 3.42. The molecule has 5 nitrogen and oxygen atoms in total. The summed E-state index contributed by atoms with van der Waals surface area (Å²) in [6, 6.07) is 4.51. The van der Waals surface area contributed by atoms with Crippen molar-refractivity contribution < 1.29 is 0 Å². The topological polar surface area (TPSA) is 46.8 Å². The van der Waals surface area contributed by atoms with E-state index >= 15 is 0 Å². The number of anilines is 1. The van der Waals surface area contributed by atoms with E-state index in [0.29, 0.717) is 6.04 Å². The molecule has 1 aliphatic heterocycles. The Kier molecular flexibility index (Phi) is 2.96. The summed E-state index contributed by atoms with van der Waals surface area (Å²) < 4.78 is 2.00. The van der Waals surface area contributed by atoms with E-state index in [9.17, 15) is 0 Å². The second-order valence-corrected chi connectivity index (χ2v) is 4.74. The van der Waals surface area contributed by atoms with Gasteiger partial charge in [0.2, 0.25) is 0 Å². The van der Waals surface area contributed by atoms with E-state index in [4.69, 9.17) is 0 Å². The van der Waals surface area contributed by atoms with Gasteiger partial charge in [-0.2, -0.15) is 5.10 Å². The number of aryl methyl sites for hydroxylation is 1. The number of hydrogen-bond donors (Lipinski definition) is 0. The highest BCUT2D eigenvalue weighted by molar-refractivity contribution is 5.41. The number of rotatable bonds is 3. The third-order valence-electron chi connectivity index (χ3n) is 3.42. The summed E-state index contributed by atoms with van der Waals surface area (Å²) in [5, 5.41) is 4.28. The predicted octanol–water partition coefficient (Wildman–Crippen LogP) is 1.65. The first-order valence-corrected chi connectivity index (χ1v) is 6.35. The van der Waals surface area contributed by atoms with Crippen molar-refractivity contribution >= 4 is 5.82 Å². The molecule has 1 atom stereocenters. The van der Waals surface area contributed by atoms with Crippen LogP contribution in [0.1, 0.15) is 18.5 Å². The van der Waals surface area contributed by atoms with E-state index in [2.05, 4.69) is 26.0 Å². The summed E-state index contributed by atoms with van der Waals surface area (Å²) in [5.74, 6) is 1.04. The van der Waals surface area contributed by atoms with Crippen LogP contribution in [0.4, 0.5) is 5.82 Å². The van der Waals surface area contributed by atoms with Gasteiger partial charge >= 0.3 is 0 Å². The van der Waals surface area contributed by atoms with Gasteiger partial charge in [-0.25, -0.2) is 9.97 Å². The second-order valence-electron chi connectivity index (χ2n) is 4.74. The lowest BCUT2D eigenvalue weighted by Gasteiger charge is -2.25. The van der Waals surface area contributed by atoms with Gasteiger partial charge < -0.3 is 4.90 Å². The van der Waals surface area contributed by atoms with Crippen molar-refractivity contribution in [2.45, 2.75) is 32.4 Å². The van der Waals surface area contributed by atoms with Crippen molar-refractivity contribution in [2.24, 2.45) is 0 Å². The lowest BCUT2D eigenvalue weighted by atomic mass is 10.2. The Balaban J connectivity index is 1.79. The van der Waals surface area contributed by atoms with Crippen LogP contribution in [0.5, 0.6) is 0 Å². The highest BCUT2D eigenvalue weighted by Crippen LogP contribution is 2.24. The van der Waals surface area contributed by atoms with Crippen molar-refractivity contribution in [3.63, 3.8) is 0 Å². The zero-order chi connectivity index (χ0) is 12.4. The Labute approximate surface area is 106 Å². The molecule has 0 aliphatic carbocycles. The van der Waals surface area contributed by atoms with Gasteiger partial charge in [-0.3, -0.25) is 4.68 Å². The monoisotopic (exact) mass is 243 g/mol. The first-order valence-electron chi connectivity index (χ1n) is 6.35.